The first-order valence-electron chi connectivity index (χ1n) is 19.8. The first-order valence-corrected chi connectivity index (χ1v) is 19.8. The highest BCUT2D eigenvalue weighted by Gasteiger charge is 2.40. The van der Waals surface area contributed by atoms with Crippen molar-refractivity contribution in [2.24, 2.45) is 0 Å². The molecule has 0 N–H and O–H groups in total. The SMILES string of the molecule is CCCCCCCCCCCCCCC[n+]1ccn(C(CCCCCCCCCC)C(C)(Cc2ccccc2)c2ccccc2)c1. The number of nitrogens with zero attached hydrogens (tertiary/aromatic N) is 2. The summed E-state index contributed by atoms with van der Waals surface area (Å²) in [7, 11) is 0. The van der Waals surface area contributed by atoms with Crippen LogP contribution in [0, 0.1) is 0 Å². The van der Waals surface area contributed by atoms with Gasteiger partial charge in [0, 0.05) is 5.41 Å². The number of imidazole rings is 1. The molecule has 2 aromatic carbocycles. The molecule has 0 amide bonds. The Labute approximate surface area is 285 Å². The fourth-order valence-corrected chi connectivity index (χ4v) is 7.56. The van der Waals surface area contributed by atoms with E-state index < -0.39 is 0 Å². The van der Waals surface area contributed by atoms with Gasteiger partial charge in [0.2, 0.25) is 6.33 Å². The third kappa shape index (κ3) is 14.6. The van der Waals surface area contributed by atoms with Gasteiger partial charge in [0.05, 0.1) is 6.54 Å². The average molecular weight is 628 g/mol. The zero-order chi connectivity index (χ0) is 32.5. The summed E-state index contributed by atoms with van der Waals surface area (Å²) in [6.07, 6.45) is 38.7. The molecule has 0 bridgehead atoms. The van der Waals surface area contributed by atoms with Crippen LogP contribution < -0.4 is 4.57 Å². The van der Waals surface area contributed by atoms with Crippen LogP contribution in [0.15, 0.2) is 79.4 Å². The number of benzene rings is 2. The van der Waals surface area contributed by atoms with Gasteiger partial charge in [-0.05, 0) is 43.2 Å². The van der Waals surface area contributed by atoms with Crippen LogP contribution in [0.3, 0.4) is 0 Å². The van der Waals surface area contributed by atoms with E-state index in [4.69, 9.17) is 0 Å². The minimum Gasteiger partial charge on any atom is -0.237 e. The molecular weight excluding hydrogens is 556 g/mol. The van der Waals surface area contributed by atoms with Crippen LogP contribution in [-0.2, 0) is 18.4 Å². The second kappa shape index (κ2) is 23.9. The number of unbranched alkanes of at least 4 members (excludes halogenated alkanes) is 19. The van der Waals surface area contributed by atoms with E-state index in [2.05, 4.69) is 109 Å². The van der Waals surface area contributed by atoms with Crippen molar-refractivity contribution in [1.82, 2.24) is 4.57 Å². The van der Waals surface area contributed by atoms with Gasteiger partial charge in [-0.1, -0.05) is 197 Å². The summed E-state index contributed by atoms with van der Waals surface area (Å²) < 4.78 is 5.05. The van der Waals surface area contributed by atoms with Crippen molar-refractivity contribution in [3.8, 4) is 0 Å². The fraction of sp³-hybridized carbons (Fsp3) is 0.659. The van der Waals surface area contributed by atoms with Gasteiger partial charge in [-0.15, -0.1) is 0 Å². The summed E-state index contributed by atoms with van der Waals surface area (Å²) in [6, 6.07) is 23.0. The Bertz CT molecular complexity index is 1100. The Kier molecular flexibility index (Phi) is 19.8. The smallest absolute Gasteiger partial charge is 0.237 e. The lowest BCUT2D eigenvalue weighted by atomic mass is 9.70. The zero-order valence-electron chi connectivity index (χ0n) is 30.4. The summed E-state index contributed by atoms with van der Waals surface area (Å²) in [6.45, 7) is 8.28. The molecule has 0 aliphatic carbocycles. The molecule has 2 heteroatoms. The Morgan fingerprint density at radius 2 is 1.02 bits per heavy atom. The lowest BCUT2D eigenvalue weighted by Gasteiger charge is -2.37. The summed E-state index contributed by atoms with van der Waals surface area (Å²) >= 11 is 0. The largest absolute Gasteiger partial charge is 0.244 e. The molecule has 1 aromatic heterocycles. The fourth-order valence-electron chi connectivity index (χ4n) is 7.56. The van der Waals surface area contributed by atoms with E-state index in [9.17, 15) is 0 Å². The highest BCUT2D eigenvalue weighted by atomic mass is 15.1. The van der Waals surface area contributed by atoms with Crippen molar-refractivity contribution < 1.29 is 4.57 Å². The van der Waals surface area contributed by atoms with Gasteiger partial charge in [0.15, 0.2) is 0 Å². The Morgan fingerprint density at radius 3 is 1.54 bits per heavy atom. The van der Waals surface area contributed by atoms with Gasteiger partial charge >= 0.3 is 0 Å². The van der Waals surface area contributed by atoms with Crippen molar-refractivity contribution in [3.05, 3.63) is 90.5 Å². The van der Waals surface area contributed by atoms with E-state index in [1.165, 1.54) is 152 Å². The number of rotatable bonds is 28. The molecule has 0 aliphatic heterocycles. The predicted octanol–water partition coefficient (Wildman–Crippen LogP) is 13.1. The summed E-state index contributed by atoms with van der Waals surface area (Å²) in [5.41, 5.74) is 2.90. The maximum absolute atomic E-state index is 2.58. The molecule has 256 valence electrons. The van der Waals surface area contributed by atoms with E-state index in [-0.39, 0.29) is 5.41 Å². The van der Waals surface area contributed by atoms with Crippen LogP contribution in [0.4, 0.5) is 0 Å². The molecule has 2 atom stereocenters. The van der Waals surface area contributed by atoms with Gasteiger partial charge in [-0.3, -0.25) is 0 Å². The number of aromatic nitrogens is 2. The Balaban J connectivity index is 1.55. The van der Waals surface area contributed by atoms with Crippen LogP contribution in [0.5, 0.6) is 0 Å². The first-order chi connectivity index (χ1) is 22.7. The molecule has 0 saturated heterocycles. The van der Waals surface area contributed by atoms with Crippen LogP contribution >= 0.6 is 0 Å². The monoisotopic (exact) mass is 628 g/mol. The molecule has 0 aliphatic rings. The lowest BCUT2D eigenvalue weighted by molar-refractivity contribution is -0.697. The zero-order valence-corrected chi connectivity index (χ0v) is 30.4. The molecule has 3 aromatic rings. The standard InChI is InChI=1S/C44H71N2/c1-4-6-8-10-12-14-15-16-17-18-20-22-30-36-45-37-38-46(40-45)43(35-29-21-19-13-11-9-7-5-2)44(3,42-33-27-24-28-34-42)39-41-31-25-23-26-32-41/h23-28,31-34,37-38,40,43H,4-22,29-30,35-36,39H2,1-3H3/q+1. The molecule has 2 nitrogen and oxygen atoms in total. The van der Waals surface area contributed by atoms with Crippen molar-refractivity contribution in [1.29, 1.82) is 0 Å². The normalized spacial score (nSPS) is 13.5. The average Bonchev–Trinajstić information content (AvgIpc) is 3.55. The Morgan fingerprint density at radius 1 is 0.565 bits per heavy atom. The molecular formula is C44H71N2+. The highest BCUT2D eigenvalue weighted by molar-refractivity contribution is 5.30. The first kappa shape index (κ1) is 38.1. The molecule has 3 rings (SSSR count). The molecule has 2 unspecified atom stereocenters. The van der Waals surface area contributed by atoms with Gasteiger partial charge in [0.25, 0.3) is 0 Å². The number of hydrogen-bond donors (Lipinski definition) is 0. The van der Waals surface area contributed by atoms with Gasteiger partial charge < -0.3 is 0 Å². The van der Waals surface area contributed by atoms with Crippen molar-refractivity contribution in [2.75, 3.05) is 0 Å². The summed E-state index contributed by atoms with van der Waals surface area (Å²) in [5, 5.41) is 0. The second-order valence-electron chi connectivity index (χ2n) is 14.6. The highest BCUT2D eigenvalue weighted by Crippen LogP contribution is 2.41. The minimum atomic E-state index is 0.0100. The summed E-state index contributed by atoms with van der Waals surface area (Å²) in [5.74, 6) is 0. The van der Waals surface area contributed by atoms with E-state index in [1.807, 2.05) is 0 Å². The van der Waals surface area contributed by atoms with Crippen LogP contribution in [0.25, 0.3) is 0 Å². The minimum absolute atomic E-state index is 0.0100. The second-order valence-corrected chi connectivity index (χ2v) is 14.6. The van der Waals surface area contributed by atoms with E-state index in [1.54, 1.807) is 0 Å². The summed E-state index contributed by atoms with van der Waals surface area (Å²) in [4.78, 5) is 0. The van der Waals surface area contributed by atoms with Crippen LogP contribution in [0.2, 0.25) is 0 Å². The van der Waals surface area contributed by atoms with Crippen molar-refractivity contribution in [2.45, 2.75) is 186 Å². The molecule has 0 radical (unpaired) electrons. The topological polar surface area (TPSA) is 8.81 Å². The quantitative estimate of drug-likeness (QED) is 0.0559. The third-order valence-corrected chi connectivity index (χ3v) is 10.5. The van der Waals surface area contributed by atoms with Gasteiger partial charge in [0.1, 0.15) is 18.4 Å². The van der Waals surface area contributed by atoms with Gasteiger partial charge in [-0.25, -0.2) is 9.13 Å². The number of hydrogen-bond acceptors (Lipinski definition) is 0. The Hall–Kier alpha value is -2.35. The van der Waals surface area contributed by atoms with E-state index in [0.717, 1.165) is 13.0 Å². The van der Waals surface area contributed by atoms with Gasteiger partial charge in [-0.2, -0.15) is 0 Å². The number of aryl methyl sites for hydroxylation is 1. The van der Waals surface area contributed by atoms with Crippen LogP contribution in [0.1, 0.15) is 179 Å². The molecule has 1 heterocycles. The molecule has 0 spiro atoms. The van der Waals surface area contributed by atoms with Crippen molar-refractivity contribution >= 4 is 0 Å². The molecule has 46 heavy (non-hydrogen) atoms. The molecule has 0 fully saturated rings. The van der Waals surface area contributed by atoms with Crippen LogP contribution in [-0.4, -0.2) is 4.57 Å². The van der Waals surface area contributed by atoms with E-state index in [0.29, 0.717) is 6.04 Å². The maximum atomic E-state index is 2.58. The predicted molar refractivity (Wildman–Crippen MR) is 201 cm³/mol. The molecule has 0 saturated carbocycles. The van der Waals surface area contributed by atoms with Crippen molar-refractivity contribution in [3.63, 3.8) is 0 Å². The van der Waals surface area contributed by atoms with E-state index >= 15 is 0 Å². The third-order valence-electron chi connectivity index (χ3n) is 10.5. The maximum Gasteiger partial charge on any atom is 0.244 e. The lowest BCUT2D eigenvalue weighted by Crippen LogP contribution is -2.38.